The minimum atomic E-state index is 0.104. The Bertz CT molecular complexity index is 230. The van der Waals surface area contributed by atoms with E-state index in [4.69, 9.17) is 0 Å². The number of nitrogens with one attached hydrogen (secondary N) is 1. The smallest absolute Gasteiger partial charge is 0.224 e. The lowest BCUT2D eigenvalue weighted by Gasteiger charge is -2.19. The normalized spacial score (nSPS) is 21.2. The number of carbonyl (C=O) groups is 1. The van der Waals surface area contributed by atoms with Gasteiger partial charge in [-0.3, -0.25) is 4.79 Å². The fraction of sp³-hybridized carbons (Fsp3) is 0.545. The number of rotatable bonds is 3. The van der Waals surface area contributed by atoms with E-state index in [1.807, 2.05) is 6.92 Å². The molecular weight excluding hydrogens is 162 g/mol. The van der Waals surface area contributed by atoms with Crippen molar-refractivity contribution in [3.63, 3.8) is 0 Å². The zero-order valence-electron chi connectivity index (χ0n) is 8.18. The summed E-state index contributed by atoms with van der Waals surface area (Å²) < 4.78 is 0. The third-order valence-electron chi connectivity index (χ3n) is 2.10. The minimum Gasteiger partial charge on any atom is -0.353 e. The van der Waals surface area contributed by atoms with Crippen LogP contribution in [-0.4, -0.2) is 11.9 Å². The number of hydrogen-bond acceptors (Lipinski definition) is 1. The molecule has 1 aliphatic rings. The van der Waals surface area contributed by atoms with Gasteiger partial charge in [0.25, 0.3) is 0 Å². The molecule has 0 saturated heterocycles. The Morgan fingerprint density at radius 2 is 2.38 bits per heavy atom. The third-order valence-corrected chi connectivity index (χ3v) is 2.10. The van der Waals surface area contributed by atoms with E-state index in [0.717, 1.165) is 24.8 Å². The Kier molecular flexibility index (Phi) is 3.74. The average molecular weight is 179 g/mol. The lowest BCUT2D eigenvalue weighted by Crippen LogP contribution is -2.35. The molecule has 0 radical (unpaired) electrons. The standard InChI is InChI=1S/C11H17NO/c1-9(2)8-11(13)12-10-6-4-3-5-7-10/h3-4,10H,1,5-8H2,2H3,(H,12,13). The zero-order valence-corrected chi connectivity index (χ0v) is 8.18. The van der Waals surface area contributed by atoms with Gasteiger partial charge in [-0.25, -0.2) is 0 Å². The van der Waals surface area contributed by atoms with Crippen molar-refractivity contribution in [1.82, 2.24) is 5.32 Å². The molecule has 13 heavy (non-hydrogen) atoms. The number of amides is 1. The molecule has 1 aliphatic carbocycles. The van der Waals surface area contributed by atoms with Gasteiger partial charge in [0.15, 0.2) is 0 Å². The summed E-state index contributed by atoms with van der Waals surface area (Å²) in [6.07, 6.45) is 7.88. The van der Waals surface area contributed by atoms with Gasteiger partial charge in [-0.1, -0.05) is 24.3 Å². The fourth-order valence-corrected chi connectivity index (χ4v) is 1.48. The summed E-state index contributed by atoms with van der Waals surface area (Å²) in [7, 11) is 0. The van der Waals surface area contributed by atoms with Crippen LogP contribution in [-0.2, 0) is 4.79 Å². The van der Waals surface area contributed by atoms with E-state index in [-0.39, 0.29) is 5.91 Å². The van der Waals surface area contributed by atoms with Crippen LogP contribution in [0.2, 0.25) is 0 Å². The van der Waals surface area contributed by atoms with Gasteiger partial charge in [-0.15, -0.1) is 0 Å². The summed E-state index contributed by atoms with van der Waals surface area (Å²) in [5.41, 5.74) is 0.920. The summed E-state index contributed by atoms with van der Waals surface area (Å²) in [4.78, 5) is 11.3. The molecule has 0 fully saturated rings. The number of allylic oxidation sites excluding steroid dienone is 1. The third kappa shape index (κ3) is 3.92. The van der Waals surface area contributed by atoms with Crippen LogP contribution in [0.1, 0.15) is 32.6 Å². The summed E-state index contributed by atoms with van der Waals surface area (Å²) in [5.74, 6) is 0.104. The molecule has 0 aliphatic heterocycles. The maximum atomic E-state index is 11.3. The van der Waals surface area contributed by atoms with E-state index in [1.54, 1.807) is 0 Å². The predicted octanol–water partition coefficient (Wildman–Crippen LogP) is 2.18. The van der Waals surface area contributed by atoms with Crippen molar-refractivity contribution in [3.8, 4) is 0 Å². The van der Waals surface area contributed by atoms with Gasteiger partial charge in [0.05, 0.1) is 0 Å². The summed E-state index contributed by atoms with van der Waals surface area (Å²) in [6, 6.07) is 0.344. The van der Waals surface area contributed by atoms with Crippen molar-refractivity contribution < 1.29 is 4.79 Å². The molecule has 2 nitrogen and oxygen atoms in total. The van der Waals surface area contributed by atoms with Crippen LogP contribution in [0.3, 0.4) is 0 Å². The molecule has 0 heterocycles. The van der Waals surface area contributed by atoms with E-state index >= 15 is 0 Å². The van der Waals surface area contributed by atoms with E-state index in [2.05, 4.69) is 24.0 Å². The van der Waals surface area contributed by atoms with Crippen LogP contribution in [0.5, 0.6) is 0 Å². The fourth-order valence-electron chi connectivity index (χ4n) is 1.48. The van der Waals surface area contributed by atoms with Crippen LogP contribution in [0.25, 0.3) is 0 Å². The first-order valence-corrected chi connectivity index (χ1v) is 4.77. The SMILES string of the molecule is C=C(C)CC(=O)NC1CC=CCC1. The molecule has 2 heteroatoms. The maximum absolute atomic E-state index is 11.3. The highest BCUT2D eigenvalue weighted by atomic mass is 16.1. The Labute approximate surface area is 79.7 Å². The second kappa shape index (κ2) is 4.85. The van der Waals surface area contributed by atoms with Crippen molar-refractivity contribution >= 4 is 5.91 Å². The molecule has 0 bridgehead atoms. The molecule has 1 unspecified atom stereocenters. The molecule has 0 aromatic rings. The van der Waals surface area contributed by atoms with E-state index in [1.165, 1.54) is 0 Å². The zero-order chi connectivity index (χ0) is 9.68. The predicted molar refractivity (Wildman–Crippen MR) is 54.4 cm³/mol. The molecule has 1 atom stereocenters. The van der Waals surface area contributed by atoms with Crippen LogP contribution in [0, 0.1) is 0 Å². The lowest BCUT2D eigenvalue weighted by atomic mass is 10.0. The Balaban J connectivity index is 2.27. The molecule has 72 valence electrons. The molecule has 1 N–H and O–H groups in total. The summed E-state index contributed by atoms with van der Waals surface area (Å²) in [6.45, 7) is 5.59. The van der Waals surface area contributed by atoms with Gasteiger partial charge in [-0.05, 0) is 26.2 Å². The molecule has 0 saturated carbocycles. The molecular formula is C11H17NO. The van der Waals surface area contributed by atoms with E-state index in [0.29, 0.717) is 12.5 Å². The van der Waals surface area contributed by atoms with Crippen LogP contribution >= 0.6 is 0 Å². The van der Waals surface area contributed by atoms with E-state index < -0.39 is 0 Å². The van der Waals surface area contributed by atoms with Gasteiger partial charge in [-0.2, -0.15) is 0 Å². The van der Waals surface area contributed by atoms with E-state index in [9.17, 15) is 4.79 Å². The maximum Gasteiger partial charge on any atom is 0.224 e. The Hall–Kier alpha value is -1.05. The van der Waals surface area contributed by atoms with Crippen molar-refractivity contribution in [2.24, 2.45) is 0 Å². The van der Waals surface area contributed by atoms with Crippen molar-refractivity contribution in [2.75, 3.05) is 0 Å². The van der Waals surface area contributed by atoms with Crippen LogP contribution in [0.4, 0.5) is 0 Å². The second-order valence-corrected chi connectivity index (χ2v) is 3.68. The van der Waals surface area contributed by atoms with Crippen molar-refractivity contribution in [3.05, 3.63) is 24.3 Å². The topological polar surface area (TPSA) is 29.1 Å². The van der Waals surface area contributed by atoms with Crippen molar-refractivity contribution in [1.29, 1.82) is 0 Å². The van der Waals surface area contributed by atoms with Gasteiger partial charge < -0.3 is 5.32 Å². The first kappa shape index (κ1) is 10.0. The Morgan fingerprint density at radius 3 is 2.92 bits per heavy atom. The van der Waals surface area contributed by atoms with Gasteiger partial charge >= 0.3 is 0 Å². The Morgan fingerprint density at radius 1 is 1.62 bits per heavy atom. The van der Waals surface area contributed by atoms with Gasteiger partial charge in [0.1, 0.15) is 0 Å². The quantitative estimate of drug-likeness (QED) is 0.661. The highest BCUT2D eigenvalue weighted by Crippen LogP contribution is 2.10. The number of hydrogen-bond donors (Lipinski definition) is 1. The first-order chi connectivity index (χ1) is 6.18. The van der Waals surface area contributed by atoms with Gasteiger partial charge in [0, 0.05) is 12.5 Å². The van der Waals surface area contributed by atoms with Crippen LogP contribution < -0.4 is 5.32 Å². The molecule has 1 amide bonds. The second-order valence-electron chi connectivity index (χ2n) is 3.68. The monoisotopic (exact) mass is 179 g/mol. The molecule has 0 aromatic heterocycles. The van der Waals surface area contributed by atoms with Crippen molar-refractivity contribution in [2.45, 2.75) is 38.6 Å². The first-order valence-electron chi connectivity index (χ1n) is 4.77. The highest BCUT2D eigenvalue weighted by Gasteiger charge is 2.12. The minimum absolute atomic E-state index is 0.104. The van der Waals surface area contributed by atoms with Crippen LogP contribution in [0.15, 0.2) is 24.3 Å². The van der Waals surface area contributed by atoms with Gasteiger partial charge in [0.2, 0.25) is 5.91 Å². The molecule has 0 aromatic carbocycles. The average Bonchev–Trinajstić information content (AvgIpc) is 2.04. The lowest BCUT2D eigenvalue weighted by molar-refractivity contribution is -0.121. The number of carbonyl (C=O) groups excluding carboxylic acids is 1. The summed E-state index contributed by atoms with van der Waals surface area (Å²) >= 11 is 0. The molecule has 0 spiro atoms. The largest absolute Gasteiger partial charge is 0.353 e. The molecule has 1 rings (SSSR count). The summed E-state index contributed by atoms with van der Waals surface area (Å²) in [5, 5.41) is 3.00. The highest BCUT2D eigenvalue weighted by molar-refractivity contribution is 5.78.